The van der Waals surface area contributed by atoms with Gasteiger partial charge in [-0.2, -0.15) is 0 Å². The molecule has 0 aliphatic heterocycles. The van der Waals surface area contributed by atoms with Crippen LogP contribution >= 0.6 is 11.8 Å². The third-order valence-corrected chi connectivity index (χ3v) is 4.59. The van der Waals surface area contributed by atoms with Crippen molar-refractivity contribution in [3.63, 3.8) is 0 Å². The zero-order chi connectivity index (χ0) is 15.4. The van der Waals surface area contributed by atoms with Gasteiger partial charge in [-0.3, -0.25) is 9.18 Å². The molecule has 2 nitrogen and oxygen atoms in total. The molecule has 0 aromatic heterocycles. The number of hydrogen-bond donors (Lipinski definition) is 0. The van der Waals surface area contributed by atoms with Gasteiger partial charge in [-0.15, -0.1) is 11.8 Å². The van der Waals surface area contributed by atoms with Gasteiger partial charge in [0.05, 0.1) is 13.3 Å². The van der Waals surface area contributed by atoms with Crippen LogP contribution in [0.5, 0.6) is 0 Å². The van der Waals surface area contributed by atoms with Crippen LogP contribution in [0.4, 0.5) is 4.39 Å². The fourth-order valence-electron chi connectivity index (χ4n) is 1.80. The first-order valence-corrected chi connectivity index (χ1v) is 8.88. The second kappa shape index (κ2) is 12.5. The van der Waals surface area contributed by atoms with Crippen LogP contribution in [0.25, 0.3) is 0 Å². The molecular weight excluding hydrogens is 275 g/mol. The lowest BCUT2D eigenvalue weighted by atomic mass is 10.1. The Morgan fingerprint density at radius 1 is 1.05 bits per heavy atom. The molecule has 0 heterocycles. The number of ether oxygens (including phenoxy) is 1. The number of carbonyl (C=O) groups is 1. The predicted octanol–water partition coefficient (Wildman–Crippen LogP) is 4.86. The summed E-state index contributed by atoms with van der Waals surface area (Å²) in [4.78, 5) is 12.0. The van der Waals surface area contributed by atoms with Crippen molar-refractivity contribution in [2.24, 2.45) is 11.8 Å². The molecule has 0 spiro atoms. The van der Waals surface area contributed by atoms with E-state index in [4.69, 9.17) is 4.74 Å². The van der Waals surface area contributed by atoms with Gasteiger partial charge in [0.1, 0.15) is 5.25 Å². The number of thioether (sulfide) groups is 1. The van der Waals surface area contributed by atoms with Crippen molar-refractivity contribution in [1.29, 1.82) is 0 Å². The molecule has 1 atom stereocenters. The SMILES string of the molecule is CC(C)COC(=O)C(SCCCCCCCF)C(C)C. The lowest BCUT2D eigenvalue weighted by molar-refractivity contribution is -0.144. The van der Waals surface area contributed by atoms with Gasteiger partial charge < -0.3 is 4.74 Å². The normalized spacial score (nSPS) is 12.9. The van der Waals surface area contributed by atoms with Crippen LogP contribution in [0, 0.1) is 11.8 Å². The van der Waals surface area contributed by atoms with Gasteiger partial charge in [0, 0.05) is 0 Å². The third kappa shape index (κ3) is 10.5. The zero-order valence-corrected chi connectivity index (χ0v) is 14.3. The van der Waals surface area contributed by atoms with E-state index in [0.29, 0.717) is 24.9 Å². The molecule has 0 N–H and O–H groups in total. The Balaban J connectivity index is 3.82. The summed E-state index contributed by atoms with van der Waals surface area (Å²) in [7, 11) is 0. The molecular formula is C16H31FO2S. The van der Waals surface area contributed by atoms with Gasteiger partial charge in [-0.05, 0) is 30.4 Å². The molecule has 0 bridgehead atoms. The summed E-state index contributed by atoms with van der Waals surface area (Å²) >= 11 is 1.70. The monoisotopic (exact) mass is 306 g/mol. The van der Waals surface area contributed by atoms with Crippen LogP contribution in [-0.4, -0.2) is 30.3 Å². The van der Waals surface area contributed by atoms with E-state index in [1.807, 2.05) is 13.8 Å². The Labute approximate surface area is 128 Å². The highest BCUT2D eigenvalue weighted by atomic mass is 32.2. The molecule has 0 aromatic carbocycles. The molecule has 0 fully saturated rings. The maximum atomic E-state index is 12.0. The Bertz CT molecular complexity index is 245. The average Bonchev–Trinajstić information content (AvgIpc) is 2.38. The Morgan fingerprint density at radius 3 is 2.20 bits per heavy atom. The first-order valence-electron chi connectivity index (χ1n) is 7.83. The van der Waals surface area contributed by atoms with Crippen molar-refractivity contribution in [1.82, 2.24) is 0 Å². The first-order chi connectivity index (χ1) is 9.49. The van der Waals surface area contributed by atoms with Crippen LogP contribution < -0.4 is 0 Å². The minimum absolute atomic E-state index is 0.0559. The Hall–Kier alpha value is -0.250. The highest BCUT2D eigenvalue weighted by Gasteiger charge is 2.24. The van der Waals surface area contributed by atoms with E-state index in [1.165, 1.54) is 0 Å². The molecule has 0 saturated heterocycles. The van der Waals surface area contributed by atoms with Crippen molar-refractivity contribution in [2.75, 3.05) is 19.0 Å². The van der Waals surface area contributed by atoms with Crippen LogP contribution in [-0.2, 0) is 9.53 Å². The first kappa shape index (κ1) is 19.8. The summed E-state index contributed by atoms with van der Waals surface area (Å²) in [5.41, 5.74) is 0. The smallest absolute Gasteiger partial charge is 0.319 e. The molecule has 1 unspecified atom stereocenters. The minimum atomic E-state index is -0.203. The largest absolute Gasteiger partial charge is 0.465 e. The van der Waals surface area contributed by atoms with E-state index >= 15 is 0 Å². The van der Waals surface area contributed by atoms with Crippen molar-refractivity contribution in [3.8, 4) is 0 Å². The molecule has 120 valence electrons. The maximum Gasteiger partial charge on any atom is 0.319 e. The quantitative estimate of drug-likeness (QED) is 0.380. The van der Waals surface area contributed by atoms with Gasteiger partial charge in [-0.1, -0.05) is 47.0 Å². The van der Waals surface area contributed by atoms with Gasteiger partial charge in [0.25, 0.3) is 0 Å². The number of hydrogen-bond acceptors (Lipinski definition) is 3. The third-order valence-electron chi connectivity index (χ3n) is 2.97. The zero-order valence-electron chi connectivity index (χ0n) is 13.5. The van der Waals surface area contributed by atoms with E-state index in [2.05, 4.69) is 13.8 Å². The van der Waals surface area contributed by atoms with Gasteiger partial charge in [0.2, 0.25) is 0 Å². The number of rotatable bonds is 12. The fourth-order valence-corrected chi connectivity index (χ4v) is 3.01. The summed E-state index contributed by atoms with van der Waals surface area (Å²) in [5.74, 6) is 1.59. The van der Waals surface area contributed by atoms with Crippen molar-refractivity contribution in [3.05, 3.63) is 0 Å². The molecule has 0 aliphatic rings. The number of halogens is 1. The van der Waals surface area contributed by atoms with Crippen LogP contribution in [0.3, 0.4) is 0 Å². The molecule has 4 heteroatoms. The highest BCUT2D eigenvalue weighted by Crippen LogP contribution is 2.23. The lowest BCUT2D eigenvalue weighted by Crippen LogP contribution is -2.27. The second-order valence-electron chi connectivity index (χ2n) is 6.02. The summed E-state index contributed by atoms with van der Waals surface area (Å²) in [6, 6.07) is 0. The summed E-state index contributed by atoms with van der Waals surface area (Å²) in [6.07, 6.45) is 4.97. The molecule has 0 rings (SSSR count). The fraction of sp³-hybridized carbons (Fsp3) is 0.938. The van der Waals surface area contributed by atoms with Crippen molar-refractivity contribution in [2.45, 2.75) is 65.0 Å². The lowest BCUT2D eigenvalue weighted by Gasteiger charge is -2.19. The topological polar surface area (TPSA) is 26.3 Å². The average molecular weight is 306 g/mol. The molecule has 0 aliphatic carbocycles. The second-order valence-corrected chi connectivity index (χ2v) is 7.27. The number of alkyl halides is 1. The number of carbonyl (C=O) groups excluding carboxylic acids is 1. The molecule has 0 aromatic rings. The van der Waals surface area contributed by atoms with E-state index in [0.717, 1.165) is 31.4 Å². The van der Waals surface area contributed by atoms with Gasteiger partial charge in [-0.25, -0.2) is 0 Å². The Morgan fingerprint density at radius 2 is 1.65 bits per heavy atom. The van der Waals surface area contributed by atoms with Gasteiger partial charge in [0.15, 0.2) is 0 Å². The standard InChI is InChI=1S/C16H31FO2S/c1-13(2)12-19-16(18)15(14(3)4)20-11-9-7-5-6-8-10-17/h13-15H,5-12H2,1-4H3. The molecule has 0 amide bonds. The van der Waals surface area contributed by atoms with E-state index < -0.39 is 0 Å². The summed E-state index contributed by atoms with van der Waals surface area (Å²) in [6.45, 7) is 8.52. The molecule has 20 heavy (non-hydrogen) atoms. The summed E-state index contributed by atoms with van der Waals surface area (Å²) < 4.78 is 17.3. The van der Waals surface area contributed by atoms with Crippen LogP contribution in [0.15, 0.2) is 0 Å². The molecule has 0 radical (unpaired) electrons. The van der Waals surface area contributed by atoms with E-state index in [-0.39, 0.29) is 17.9 Å². The predicted molar refractivity (Wildman–Crippen MR) is 85.9 cm³/mol. The number of unbranched alkanes of at least 4 members (excludes halogenated alkanes) is 4. The maximum absolute atomic E-state index is 12.0. The van der Waals surface area contributed by atoms with Gasteiger partial charge >= 0.3 is 5.97 Å². The number of esters is 1. The van der Waals surface area contributed by atoms with E-state index in [1.54, 1.807) is 11.8 Å². The van der Waals surface area contributed by atoms with Crippen LogP contribution in [0.2, 0.25) is 0 Å². The van der Waals surface area contributed by atoms with E-state index in [9.17, 15) is 9.18 Å². The minimum Gasteiger partial charge on any atom is -0.465 e. The van der Waals surface area contributed by atoms with Crippen molar-refractivity contribution < 1.29 is 13.9 Å². The Kier molecular flexibility index (Phi) is 12.3. The highest BCUT2D eigenvalue weighted by molar-refractivity contribution is 8.00. The molecule has 0 saturated carbocycles. The summed E-state index contributed by atoms with van der Waals surface area (Å²) in [5, 5.41) is -0.0559. The van der Waals surface area contributed by atoms with Crippen molar-refractivity contribution >= 4 is 17.7 Å². The van der Waals surface area contributed by atoms with Crippen LogP contribution in [0.1, 0.15) is 59.8 Å².